The van der Waals surface area contributed by atoms with Crippen LogP contribution in [0.3, 0.4) is 0 Å². The Labute approximate surface area is 192 Å². The van der Waals surface area contributed by atoms with Gasteiger partial charge in [-0.3, -0.25) is 14.9 Å². The van der Waals surface area contributed by atoms with E-state index in [-0.39, 0.29) is 22.5 Å². The first-order chi connectivity index (χ1) is 16.4. The van der Waals surface area contributed by atoms with Gasteiger partial charge in [0.1, 0.15) is 11.5 Å². The fourth-order valence-electron chi connectivity index (χ4n) is 3.21. The third-order valence-corrected chi connectivity index (χ3v) is 4.61. The topological polar surface area (TPSA) is 88.7 Å². The minimum atomic E-state index is -4.85. The highest BCUT2D eigenvalue weighted by Gasteiger charge is 2.32. The smallest absolute Gasteiger partial charge is 0.406 e. The van der Waals surface area contributed by atoms with Crippen LogP contribution in [0.25, 0.3) is 0 Å². The van der Waals surface area contributed by atoms with Crippen molar-refractivity contribution in [2.45, 2.75) is 12.7 Å². The summed E-state index contributed by atoms with van der Waals surface area (Å²) in [5, 5.41) is 8.00. The van der Waals surface area contributed by atoms with Gasteiger partial charge in [0.2, 0.25) is 0 Å². The number of fused-ring (bicyclic) bond motifs is 1. The fraction of sp³-hybridized carbons (Fsp3) is 0.0909. The molecule has 2 amide bonds. The van der Waals surface area contributed by atoms with E-state index in [1.165, 1.54) is 36.4 Å². The first-order valence-electron chi connectivity index (χ1n) is 9.66. The molecule has 0 atom stereocenters. The minimum absolute atomic E-state index is 0.0639. The number of hydrogen-bond donors (Lipinski definition) is 3. The summed E-state index contributed by atoms with van der Waals surface area (Å²) in [5.41, 5.74) is 1.28. The fourth-order valence-corrected chi connectivity index (χ4v) is 3.21. The van der Waals surface area contributed by atoms with E-state index in [4.69, 9.17) is 0 Å². The molecule has 0 radical (unpaired) electrons. The Hall–Kier alpha value is -4.42. The van der Waals surface area contributed by atoms with Gasteiger partial charge in [-0.1, -0.05) is 0 Å². The van der Waals surface area contributed by atoms with E-state index in [9.17, 15) is 35.9 Å². The summed E-state index contributed by atoms with van der Waals surface area (Å²) in [4.78, 5) is 24.1. The molecule has 182 valence electrons. The van der Waals surface area contributed by atoms with Crippen molar-refractivity contribution in [3.05, 3.63) is 71.8 Å². The molecule has 4 rings (SSSR count). The van der Waals surface area contributed by atoms with Crippen molar-refractivity contribution < 1.29 is 45.4 Å². The van der Waals surface area contributed by atoms with Crippen LogP contribution in [0.4, 0.5) is 49.1 Å². The maximum absolute atomic E-state index is 12.4. The number of carbonyl (C=O) groups is 2. The maximum Gasteiger partial charge on any atom is 0.573 e. The largest absolute Gasteiger partial charge is 0.573 e. The predicted octanol–water partition coefficient (Wildman–Crippen LogP) is 5.85. The number of rotatable bonds is 6. The normalized spacial score (nSPS) is 13.2. The molecule has 0 saturated carbocycles. The molecule has 1 aliphatic rings. The molecule has 1 aliphatic heterocycles. The lowest BCUT2D eigenvalue weighted by atomic mass is 10.1. The zero-order valence-corrected chi connectivity index (χ0v) is 17.2. The van der Waals surface area contributed by atoms with Crippen LogP contribution in [0.5, 0.6) is 11.5 Å². The van der Waals surface area contributed by atoms with Crippen molar-refractivity contribution in [3.63, 3.8) is 0 Å². The number of ether oxygens (including phenoxy) is 2. The summed E-state index contributed by atoms with van der Waals surface area (Å²) in [6, 6.07) is 12.2. The average molecular weight is 497 g/mol. The summed E-state index contributed by atoms with van der Waals surface area (Å²) < 4.78 is 81.9. The molecule has 7 nitrogen and oxygen atoms in total. The highest BCUT2D eigenvalue weighted by Crippen LogP contribution is 2.35. The molecular weight excluding hydrogens is 484 g/mol. The Bertz CT molecular complexity index is 1170. The molecule has 0 bridgehead atoms. The van der Waals surface area contributed by atoms with Crippen LogP contribution in [0.1, 0.15) is 20.7 Å². The molecule has 35 heavy (non-hydrogen) atoms. The van der Waals surface area contributed by atoms with Gasteiger partial charge in [-0.25, -0.2) is 0 Å². The third-order valence-electron chi connectivity index (χ3n) is 4.61. The zero-order valence-electron chi connectivity index (χ0n) is 17.2. The number of alkyl halides is 6. The van der Waals surface area contributed by atoms with Crippen molar-refractivity contribution in [2.75, 3.05) is 10.6 Å². The lowest BCUT2D eigenvalue weighted by Gasteiger charge is -2.16. The minimum Gasteiger partial charge on any atom is -0.406 e. The zero-order chi connectivity index (χ0) is 25.4. The van der Waals surface area contributed by atoms with Crippen molar-refractivity contribution in [1.82, 2.24) is 5.32 Å². The monoisotopic (exact) mass is 497 g/mol. The standard InChI is InChI=1S/C22H13F6N3O4/c23-21(24,25)34-13-5-1-11(2-6-13)29-17-9-15-16(20(33)31-19(15)32)10-18(17)30-12-3-7-14(8-4-12)35-22(26,27)28/h1-10,29-30H,(H,31,32,33). The van der Waals surface area contributed by atoms with Crippen LogP contribution in [0.15, 0.2) is 60.7 Å². The lowest BCUT2D eigenvalue weighted by molar-refractivity contribution is -0.275. The highest BCUT2D eigenvalue weighted by molar-refractivity contribution is 6.22. The van der Waals surface area contributed by atoms with Crippen LogP contribution >= 0.6 is 0 Å². The van der Waals surface area contributed by atoms with E-state index in [0.717, 1.165) is 24.3 Å². The molecule has 3 N–H and O–H groups in total. The predicted molar refractivity (Wildman–Crippen MR) is 111 cm³/mol. The molecule has 0 fully saturated rings. The number of benzene rings is 3. The quantitative estimate of drug-likeness (QED) is 0.292. The molecule has 13 heteroatoms. The van der Waals surface area contributed by atoms with Crippen LogP contribution < -0.4 is 25.4 Å². The van der Waals surface area contributed by atoms with Crippen molar-refractivity contribution >= 4 is 34.6 Å². The summed E-state index contributed by atoms with van der Waals surface area (Å²) in [7, 11) is 0. The molecular formula is C22H13F6N3O4. The van der Waals surface area contributed by atoms with E-state index in [2.05, 4.69) is 25.4 Å². The maximum atomic E-state index is 12.4. The van der Waals surface area contributed by atoms with Crippen molar-refractivity contribution in [1.29, 1.82) is 0 Å². The highest BCUT2D eigenvalue weighted by atomic mass is 19.4. The summed E-state index contributed by atoms with van der Waals surface area (Å²) in [5.74, 6) is -2.16. The van der Waals surface area contributed by atoms with Crippen LogP contribution in [-0.2, 0) is 0 Å². The molecule has 0 aromatic heterocycles. The number of imide groups is 1. The van der Waals surface area contributed by atoms with Gasteiger partial charge < -0.3 is 20.1 Å². The van der Waals surface area contributed by atoms with Crippen molar-refractivity contribution in [3.8, 4) is 11.5 Å². The van der Waals surface area contributed by atoms with E-state index >= 15 is 0 Å². The van der Waals surface area contributed by atoms with Gasteiger partial charge in [-0.15, -0.1) is 26.3 Å². The lowest BCUT2D eigenvalue weighted by Crippen LogP contribution is -2.19. The van der Waals surface area contributed by atoms with E-state index in [1.54, 1.807) is 0 Å². The molecule has 1 heterocycles. The second kappa shape index (κ2) is 8.74. The number of carbonyl (C=O) groups excluding carboxylic acids is 2. The summed E-state index contributed by atoms with van der Waals surface area (Å²) in [6.45, 7) is 0. The Balaban J connectivity index is 1.62. The van der Waals surface area contributed by atoms with Crippen molar-refractivity contribution in [2.24, 2.45) is 0 Å². The van der Waals surface area contributed by atoms with Gasteiger partial charge in [0.15, 0.2) is 0 Å². The van der Waals surface area contributed by atoms with Gasteiger partial charge >= 0.3 is 12.7 Å². The van der Waals surface area contributed by atoms with Gasteiger partial charge in [-0.05, 0) is 60.7 Å². The molecule has 3 aromatic carbocycles. The number of amides is 2. The Morgan fingerprint density at radius 3 is 1.26 bits per heavy atom. The Morgan fingerprint density at radius 1 is 0.600 bits per heavy atom. The van der Waals surface area contributed by atoms with Gasteiger partial charge in [0, 0.05) is 11.4 Å². The first kappa shape index (κ1) is 23.7. The molecule has 3 aromatic rings. The number of halogens is 6. The van der Waals surface area contributed by atoms with Crippen LogP contribution in [0.2, 0.25) is 0 Å². The molecule has 0 aliphatic carbocycles. The molecule has 0 saturated heterocycles. The second-order valence-electron chi connectivity index (χ2n) is 7.12. The number of hydrogen-bond acceptors (Lipinski definition) is 6. The Morgan fingerprint density at radius 2 is 0.943 bits per heavy atom. The molecule has 0 unspecified atom stereocenters. The first-order valence-corrected chi connectivity index (χ1v) is 9.66. The van der Waals surface area contributed by atoms with Gasteiger partial charge in [0.25, 0.3) is 11.8 Å². The van der Waals surface area contributed by atoms with Gasteiger partial charge in [-0.2, -0.15) is 0 Å². The number of nitrogens with one attached hydrogen (secondary N) is 3. The third kappa shape index (κ3) is 5.93. The van der Waals surface area contributed by atoms with E-state index in [0.29, 0.717) is 11.4 Å². The second-order valence-corrected chi connectivity index (χ2v) is 7.12. The average Bonchev–Trinajstić information content (AvgIpc) is 3.02. The Kier molecular flexibility index (Phi) is 5.92. The van der Waals surface area contributed by atoms with E-state index in [1.807, 2.05) is 0 Å². The number of anilines is 4. The SMILES string of the molecule is O=C1NC(=O)c2cc(Nc3ccc(OC(F)(F)F)cc3)c(Nc3ccc(OC(F)(F)F)cc3)cc21. The van der Waals surface area contributed by atoms with Crippen LogP contribution in [0, 0.1) is 0 Å². The summed E-state index contributed by atoms with van der Waals surface area (Å²) in [6.07, 6.45) is -9.71. The van der Waals surface area contributed by atoms with Gasteiger partial charge in [0.05, 0.1) is 22.5 Å². The van der Waals surface area contributed by atoms with E-state index < -0.39 is 36.0 Å². The summed E-state index contributed by atoms with van der Waals surface area (Å²) >= 11 is 0. The van der Waals surface area contributed by atoms with Crippen LogP contribution in [-0.4, -0.2) is 24.5 Å². The molecule has 0 spiro atoms.